The van der Waals surface area contributed by atoms with Crippen LogP contribution in [0.4, 0.5) is 8.78 Å². The van der Waals surface area contributed by atoms with E-state index in [1.807, 2.05) is 12.1 Å². The number of hydrogen-bond donors (Lipinski definition) is 1. The highest BCUT2D eigenvalue weighted by molar-refractivity contribution is 7.87. The quantitative estimate of drug-likeness (QED) is 0.848. The van der Waals surface area contributed by atoms with E-state index in [0.717, 1.165) is 10.8 Å². The predicted octanol–water partition coefficient (Wildman–Crippen LogP) is 2.36. The molecule has 1 atom stereocenters. The molecule has 0 amide bonds. The fraction of sp³-hybridized carbons (Fsp3) is 0.167. The molecule has 0 saturated heterocycles. The Hall–Kier alpha value is -1.42. The Balaban J connectivity index is 2.16. The first-order chi connectivity index (χ1) is 9.71. The average molecular weight is 336 g/mol. The van der Waals surface area contributed by atoms with E-state index in [1.165, 1.54) is 12.1 Å². The lowest BCUT2D eigenvalue weighted by Gasteiger charge is -2.12. The summed E-state index contributed by atoms with van der Waals surface area (Å²) in [7, 11) is -5.61. The molecule has 0 aromatic heterocycles. The van der Waals surface area contributed by atoms with Crippen molar-refractivity contribution in [1.82, 2.24) is 0 Å². The number of benzene rings is 2. The van der Waals surface area contributed by atoms with Crippen molar-refractivity contribution in [3.63, 3.8) is 0 Å². The van der Waals surface area contributed by atoms with E-state index in [-0.39, 0.29) is 4.90 Å². The summed E-state index contributed by atoms with van der Waals surface area (Å²) in [5, 5.41) is -2.92. The molecular formula is C12H10F2O5S2. The molecular weight excluding hydrogens is 326 g/mol. The van der Waals surface area contributed by atoms with Crippen molar-refractivity contribution in [2.24, 2.45) is 0 Å². The van der Waals surface area contributed by atoms with E-state index in [2.05, 4.69) is 4.18 Å². The molecule has 5 nitrogen and oxygen atoms in total. The summed E-state index contributed by atoms with van der Waals surface area (Å²) in [6, 6.07) is 11.6. The van der Waals surface area contributed by atoms with Crippen LogP contribution in [0.25, 0.3) is 10.8 Å². The van der Waals surface area contributed by atoms with Gasteiger partial charge in [-0.25, -0.2) is 4.21 Å². The molecule has 2 aromatic carbocycles. The second-order valence-electron chi connectivity index (χ2n) is 4.12. The van der Waals surface area contributed by atoms with Gasteiger partial charge >= 0.3 is 15.4 Å². The van der Waals surface area contributed by atoms with Gasteiger partial charge in [-0.2, -0.15) is 17.2 Å². The van der Waals surface area contributed by atoms with Crippen LogP contribution in [0.5, 0.6) is 0 Å². The molecule has 114 valence electrons. The molecule has 0 heterocycles. The molecule has 0 saturated carbocycles. The number of halogens is 2. The maximum Gasteiger partial charge on any atom is 0.393 e. The van der Waals surface area contributed by atoms with Crippen molar-refractivity contribution in [3.8, 4) is 0 Å². The lowest BCUT2D eigenvalue weighted by molar-refractivity contribution is 0.0338. The van der Waals surface area contributed by atoms with Gasteiger partial charge in [0.25, 0.3) is 0 Å². The molecule has 0 aliphatic carbocycles. The number of rotatable bonds is 5. The molecule has 9 heteroatoms. The van der Waals surface area contributed by atoms with Crippen LogP contribution in [0.3, 0.4) is 0 Å². The Kier molecular flexibility index (Phi) is 4.38. The van der Waals surface area contributed by atoms with E-state index in [9.17, 15) is 21.4 Å². The van der Waals surface area contributed by atoms with Crippen LogP contribution < -0.4 is 0 Å². The van der Waals surface area contributed by atoms with Crippen LogP contribution in [0, 0.1) is 0 Å². The zero-order valence-electron chi connectivity index (χ0n) is 10.4. The summed E-state index contributed by atoms with van der Waals surface area (Å²) < 4.78 is 71.1. The zero-order valence-corrected chi connectivity index (χ0v) is 12.0. The van der Waals surface area contributed by atoms with Gasteiger partial charge in [-0.3, -0.25) is 8.74 Å². The highest BCUT2D eigenvalue weighted by atomic mass is 32.2. The Morgan fingerprint density at radius 1 is 1.14 bits per heavy atom. The first-order valence-electron chi connectivity index (χ1n) is 5.59. The summed E-state index contributed by atoms with van der Waals surface area (Å²) in [4.78, 5) is 0.111. The molecule has 2 rings (SSSR count). The SMILES string of the molecule is O=S(OCC(F)(F)S(=O)(=O)O)c1ccc2ccccc2c1. The normalized spacial score (nSPS) is 14.2. The maximum absolute atomic E-state index is 13.0. The van der Waals surface area contributed by atoms with Crippen molar-refractivity contribution in [2.75, 3.05) is 6.61 Å². The third-order valence-corrected chi connectivity index (χ3v) is 4.47. The van der Waals surface area contributed by atoms with Gasteiger partial charge in [0.05, 0.1) is 4.90 Å². The van der Waals surface area contributed by atoms with Gasteiger partial charge in [-0.15, -0.1) is 0 Å². The minimum atomic E-state index is -5.61. The van der Waals surface area contributed by atoms with Crippen LogP contribution in [0.15, 0.2) is 47.4 Å². The number of hydrogen-bond acceptors (Lipinski definition) is 4. The maximum atomic E-state index is 13.0. The molecule has 0 radical (unpaired) electrons. The average Bonchev–Trinajstić information content (AvgIpc) is 2.43. The van der Waals surface area contributed by atoms with Gasteiger partial charge < -0.3 is 0 Å². The minimum Gasteiger partial charge on any atom is -0.281 e. The van der Waals surface area contributed by atoms with Crippen molar-refractivity contribution in [3.05, 3.63) is 42.5 Å². The summed E-state index contributed by atoms with van der Waals surface area (Å²) in [6.45, 7) is -1.70. The Morgan fingerprint density at radius 3 is 2.38 bits per heavy atom. The largest absolute Gasteiger partial charge is 0.393 e. The third kappa shape index (κ3) is 3.62. The van der Waals surface area contributed by atoms with E-state index in [1.54, 1.807) is 18.2 Å². The van der Waals surface area contributed by atoms with Gasteiger partial charge in [-0.05, 0) is 22.9 Å². The fourth-order valence-electron chi connectivity index (χ4n) is 1.54. The summed E-state index contributed by atoms with van der Waals surface area (Å²) >= 11 is -2.28. The second-order valence-corrected chi connectivity index (χ2v) is 6.84. The predicted molar refractivity (Wildman–Crippen MR) is 72.8 cm³/mol. The molecule has 2 aromatic rings. The molecule has 0 fully saturated rings. The molecule has 1 unspecified atom stereocenters. The summed E-state index contributed by atoms with van der Waals surface area (Å²) in [5.41, 5.74) is 0. The van der Waals surface area contributed by atoms with E-state index in [4.69, 9.17) is 4.55 Å². The standard InChI is InChI=1S/C12H10F2O5S2/c13-12(14,21(16,17)18)8-19-20(15)11-6-5-9-3-1-2-4-10(9)7-11/h1-7H,8H2,(H,16,17,18). The Labute approximate surface area is 121 Å². The van der Waals surface area contributed by atoms with Gasteiger partial charge in [0.1, 0.15) is 6.61 Å². The Morgan fingerprint density at radius 2 is 1.76 bits per heavy atom. The number of fused-ring (bicyclic) bond motifs is 1. The molecule has 0 aliphatic rings. The van der Waals surface area contributed by atoms with Gasteiger partial charge in [0.15, 0.2) is 11.1 Å². The topological polar surface area (TPSA) is 80.7 Å². The van der Waals surface area contributed by atoms with Crippen molar-refractivity contribution >= 4 is 32.0 Å². The van der Waals surface area contributed by atoms with Gasteiger partial charge in [0, 0.05) is 0 Å². The lowest BCUT2D eigenvalue weighted by atomic mass is 10.1. The second kappa shape index (κ2) is 5.76. The Bertz CT molecular complexity index is 789. The summed E-state index contributed by atoms with van der Waals surface area (Å²) in [6.07, 6.45) is 0. The van der Waals surface area contributed by atoms with Gasteiger partial charge in [0.2, 0.25) is 0 Å². The van der Waals surface area contributed by atoms with Crippen LogP contribution in [-0.2, 0) is 25.4 Å². The highest BCUT2D eigenvalue weighted by Crippen LogP contribution is 2.23. The molecule has 0 bridgehead atoms. The monoisotopic (exact) mass is 336 g/mol. The van der Waals surface area contributed by atoms with Gasteiger partial charge in [-0.1, -0.05) is 30.3 Å². The van der Waals surface area contributed by atoms with E-state index < -0.39 is 33.1 Å². The van der Waals surface area contributed by atoms with Crippen LogP contribution in [0.2, 0.25) is 0 Å². The highest BCUT2D eigenvalue weighted by Gasteiger charge is 2.45. The summed E-state index contributed by atoms with van der Waals surface area (Å²) in [5.74, 6) is 0. The van der Waals surface area contributed by atoms with Crippen molar-refractivity contribution < 1.29 is 30.1 Å². The smallest absolute Gasteiger partial charge is 0.281 e. The fourth-order valence-corrected chi connectivity index (χ4v) is 2.61. The molecule has 0 spiro atoms. The third-order valence-electron chi connectivity index (χ3n) is 2.62. The molecule has 0 aliphatic heterocycles. The number of alkyl halides is 2. The molecule has 1 N–H and O–H groups in total. The molecule has 21 heavy (non-hydrogen) atoms. The van der Waals surface area contributed by atoms with E-state index >= 15 is 0 Å². The zero-order chi connectivity index (χ0) is 15.7. The first-order valence-corrected chi connectivity index (χ1v) is 8.11. The van der Waals surface area contributed by atoms with Crippen molar-refractivity contribution in [2.45, 2.75) is 10.2 Å². The minimum absolute atomic E-state index is 0.111. The van der Waals surface area contributed by atoms with Crippen LogP contribution >= 0.6 is 0 Å². The first kappa shape index (κ1) is 16.0. The van der Waals surface area contributed by atoms with E-state index in [0.29, 0.717) is 0 Å². The lowest BCUT2D eigenvalue weighted by Crippen LogP contribution is -2.33. The van der Waals surface area contributed by atoms with Crippen LogP contribution in [0.1, 0.15) is 0 Å². The van der Waals surface area contributed by atoms with Crippen molar-refractivity contribution in [1.29, 1.82) is 0 Å². The van der Waals surface area contributed by atoms with Crippen LogP contribution in [-0.4, -0.2) is 29.0 Å².